The Bertz CT molecular complexity index is 162. The van der Waals surface area contributed by atoms with E-state index < -0.39 is 0 Å². The second-order valence-electron chi connectivity index (χ2n) is 5.78. The Morgan fingerprint density at radius 3 is 1.87 bits per heavy atom. The van der Waals surface area contributed by atoms with Crippen LogP contribution in [0.4, 0.5) is 0 Å². The Labute approximate surface area is 96.2 Å². The highest BCUT2D eigenvalue weighted by Crippen LogP contribution is 2.42. The lowest BCUT2D eigenvalue weighted by molar-refractivity contribution is 0.00951. The minimum absolute atomic E-state index is 0.637. The van der Waals surface area contributed by atoms with Gasteiger partial charge in [0, 0.05) is 13.1 Å². The molecule has 1 fully saturated rings. The van der Waals surface area contributed by atoms with Crippen molar-refractivity contribution in [1.29, 1.82) is 0 Å². The average molecular weight is 211 g/mol. The summed E-state index contributed by atoms with van der Waals surface area (Å²) < 4.78 is 0. The number of hydrogen-bond donors (Lipinski definition) is 0. The first-order valence-corrected chi connectivity index (χ1v) is 6.81. The predicted molar refractivity (Wildman–Crippen MR) is 68.1 cm³/mol. The van der Waals surface area contributed by atoms with Crippen molar-refractivity contribution < 1.29 is 0 Å². The maximum Gasteiger partial charge on any atom is 0.00242 e. The molecule has 1 heterocycles. The highest BCUT2D eigenvalue weighted by atomic mass is 15.2. The molecule has 15 heavy (non-hydrogen) atoms. The fraction of sp³-hybridized carbons (Fsp3) is 1.00. The van der Waals surface area contributed by atoms with Gasteiger partial charge < -0.3 is 4.90 Å². The first kappa shape index (κ1) is 13.0. The third-order valence-corrected chi connectivity index (χ3v) is 4.25. The van der Waals surface area contributed by atoms with Gasteiger partial charge in [0.05, 0.1) is 0 Å². The number of likely N-dealkylation sites (tertiary alicyclic amines) is 1. The van der Waals surface area contributed by atoms with Crippen LogP contribution in [0.3, 0.4) is 0 Å². The van der Waals surface area contributed by atoms with Gasteiger partial charge >= 0.3 is 0 Å². The summed E-state index contributed by atoms with van der Waals surface area (Å²) in [6.07, 6.45) is 8.43. The topological polar surface area (TPSA) is 3.24 Å². The normalized spacial score (nSPS) is 19.2. The Hall–Kier alpha value is -0.0400. The van der Waals surface area contributed by atoms with Crippen LogP contribution in [0.1, 0.15) is 59.3 Å². The molecule has 0 bridgehead atoms. The molecule has 1 nitrogen and oxygen atoms in total. The lowest BCUT2D eigenvalue weighted by Crippen LogP contribution is -2.51. The standard InChI is InChI=1S/C14H29N/c1-5-7-9-14(3,10-8-6-2)13-11-15(4)12-13/h13H,5-12H2,1-4H3. The minimum Gasteiger partial charge on any atom is -0.306 e. The van der Waals surface area contributed by atoms with Gasteiger partial charge in [0.2, 0.25) is 0 Å². The highest BCUT2D eigenvalue weighted by Gasteiger charge is 2.39. The molecular formula is C14H29N. The first-order chi connectivity index (χ1) is 7.12. The van der Waals surface area contributed by atoms with Gasteiger partial charge in [-0.1, -0.05) is 46.5 Å². The summed E-state index contributed by atoms with van der Waals surface area (Å²) >= 11 is 0. The molecule has 0 aliphatic carbocycles. The zero-order valence-electron chi connectivity index (χ0n) is 11.2. The molecule has 1 saturated heterocycles. The van der Waals surface area contributed by atoms with Crippen molar-refractivity contribution in [3.8, 4) is 0 Å². The number of unbranched alkanes of at least 4 members (excludes halogenated alkanes) is 2. The van der Waals surface area contributed by atoms with Gasteiger partial charge in [-0.25, -0.2) is 0 Å². The predicted octanol–water partition coefficient (Wildman–Crippen LogP) is 3.93. The summed E-state index contributed by atoms with van der Waals surface area (Å²) in [5, 5.41) is 0. The Kier molecular flexibility index (Phi) is 5.11. The molecule has 0 aromatic heterocycles. The molecule has 1 aliphatic rings. The largest absolute Gasteiger partial charge is 0.306 e. The van der Waals surface area contributed by atoms with Crippen LogP contribution in [-0.4, -0.2) is 25.0 Å². The Balaban J connectivity index is 2.43. The molecule has 0 unspecified atom stereocenters. The van der Waals surface area contributed by atoms with Gasteiger partial charge in [-0.2, -0.15) is 0 Å². The minimum atomic E-state index is 0.637. The van der Waals surface area contributed by atoms with Gasteiger partial charge in [-0.15, -0.1) is 0 Å². The van der Waals surface area contributed by atoms with Crippen LogP contribution in [0.5, 0.6) is 0 Å². The molecule has 0 radical (unpaired) electrons. The van der Waals surface area contributed by atoms with Crippen LogP contribution >= 0.6 is 0 Å². The molecule has 0 aromatic rings. The van der Waals surface area contributed by atoms with Crippen LogP contribution in [0.25, 0.3) is 0 Å². The van der Waals surface area contributed by atoms with Crippen molar-refractivity contribution in [3.05, 3.63) is 0 Å². The van der Waals surface area contributed by atoms with Crippen LogP contribution in [-0.2, 0) is 0 Å². The van der Waals surface area contributed by atoms with Crippen molar-refractivity contribution in [3.63, 3.8) is 0 Å². The van der Waals surface area contributed by atoms with Gasteiger partial charge in [-0.3, -0.25) is 0 Å². The molecule has 90 valence electrons. The van der Waals surface area contributed by atoms with E-state index in [-0.39, 0.29) is 0 Å². The number of rotatable bonds is 7. The quantitative estimate of drug-likeness (QED) is 0.616. The molecule has 1 rings (SSSR count). The maximum atomic E-state index is 2.54. The third kappa shape index (κ3) is 3.48. The zero-order valence-corrected chi connectivity index (χ0v) is 11.2. The van der Waals surface area contributed by atoms with Gasteiger partial charge in [0.1, 0.15) is 0 Å². The second-order valence-corrected chi connectivity index (χ2v) is 5.78. The van der Waals surface area contributed by atoms with E-state index in [1.54, 1.807) is 0 Å². The van der Waals surface area contributed by atoms with E-state index in [4.69, 9.17) is 0 Å². The average Bonchev–Trinajstić information content (AvgIpc) is 2.19. The van der Waals surface area contributed by atoms with Crippen LogP contribution in [0.2, 0.25) is 0 Å². The highest BCUT2D eigenvalue weighted by molar-refractivity contribution is 4.91. The molecule has 0 saturated carbocycles. The fourth-order valence-corrected chi connectivity index (χ4v) is 2.83. The summed E-state index contributed by atoms with van der Waals surface area (Å²) in [6, 6.07) is 0. The van der Waals surface area contributed by atoms with E-state index in [2.05, 4.69) is 32.7 Å². The molecule has 0 spiro atoms. The van der Waals surface area contributed by atoms with Crippen molar-refractivity contribution in [1.82, 2.24) is 4.90 Å². The van der Waals surface area contributed by atoms with Crippen LogP contribution < -0.4 is 0 Å². The van der Waals surface area contributed by atoms with E-state index >= 15 is 0 Å². The van der Waals surface area contributed by atoms with Crippen molar-refractivity contribution >= 4 is 0 Å². The summed E-state index contributed by atoms with van der Waals surface area (Å²) in [7, 11) is 2.25. The molecule has 0 N–H and O–H groups in total. The fourth-order valence-electron chi connectivity index (χ4n) is 2.83. The first-order valence-electron chi connectivity index (χ1n) is 6.81. The summed E-state index contributed by atoms with van der Waals surface area (Å²) in [6.45, 7) is 9.84. The summed E-state index contributed by atoms with van der Waals surface area (Å²) in [5.74, 6) is 0.973. The van der Waals surface area contributed by atoms with Crippen molar-refractivity contribution in [2.75, 3.05) is 20.1 Å². The second kappa shape index (κ2) is 5.89. The van der Waals surface area contributed by atoms with Gasteiger partial charge in [-0.05, 0) is 31.2 Å². The lowest BCUT2D eigenvalue weighted by Gasteiger charge is -2.48. The van der Waals surface area contributed by atoms with E-state index in [1.807, 2.05) is 0 Å². The van der Waals surface area contributed by atoms with Crippen LogP contribution in [0, 0.1) is 11.3 Å². The lowest BCUT2D eigenvalue weighted by atomic mass is 9.67. The maximum absolute atomic E-state index is 2.54. The molecule has 0 atom stereocenters. The molecule has 1 heteroatoms. The van der Waals surface area contributed by atoms with Gasteiger partial charge in [0.25, 0.3) is 0 Å². The summed E-state index contributed by atoms with van der Waals surface area (Å²) in [4.78, 5) is 2.46. The van der Waals surface area contributed by atoms with E-state index in [0.717, 1.165) is 5.92 Å². The molecule has 1 aliphatic heterocycles. The monoisotopic (exact) mass is 211 g/mol. The van der Waals surface area contributed by atoms with Crippen molar-refractivity contribution in [2.45, 2.75) is 59.3 Å². The zero-order chi connectivity index (χ0) is 11.3. The van der Waals surface area contributed by atoms with E-state index in [9.17, 15) is 0 Å². The SMILES string of the molecule is CCCCC(C)(CCCC)C1CN(C)C1. The van der Waals surface area contributed by atoms with E-state index in [0.29, 0.717) is 5.41 Å². The van der Waals surface area contributed by atoms with Crippen LogP contribution in [0.15, 0.2) is 0 Å². The Morgan fingerprint density at radius 2 is 1.53 bits per heavy atom. The third-order valence-electron chi connectivity index (χ3n) is 4.25. The van der Waals surface area contributed by atoms with Crippen molar-refractivity contribution in [2.24, 2.45) is 11.3 Å². The summed E-state index contributed by atoms with van der Waals surface area (Å²) in [5.41, 5.74) is 0.637. The van der Waals surface area contributed by atoms with Gasteiger partial charge in [0.15, 0.2) is 0 Å². The van der Waals surface area contributed by atoms with E-state index in [1.165, 1.54) is 51.6 Å². The molecule has 0 amide bonds. The number of hydrogen-bond acceptors (Lipinski definition) is 1. The number of nitrogens with zero attached hydrogens (tertiary/aromatic N) is 1. The Morgan fingerprint density at radius 1 is 1.07 bits per heavy atom. The smallest absolute Gasteiger partial charge is 0.00242 e. The molecular weight excluding hydrogens is 182 g/mol. The molecule has 0 aromatic carbocycles.